The third-order valence-electron chi connectivity index (χ3n) is 2.39. The zero-order chi connectivity index (χ0) is 8.54. The van der Waals surface area contributed by atoms with Gasteiger partial charge in [0.15, 0.2) is 0 Å². The quantitative estimate of drug-likeness (QED) is 0.581. The van der Waals surface area contributed by atoms with Crippen LogP contribution in [0.25, 0.3) is 0 Å². The van der Waals surface area contributed by atoms with Gasteiger partial charge in [-0.1, -0.05) is 6.92 Å². The molecule has 1 saturated heterocycles. The van der Waals surface area contributed by atoms with Crippen LogP contribution >= 0.6 is 0 Å². The molecule has 0 atom stereocenters. The van der Waals surface area contributed by atoms with Crippen LogP contribution in [0.4, 0.5) is 13.2 Å². The first kappa shape index (κ1) is 8.84. The number of piperidine rings is 1. The van der Waals surface area contributed by atoms with Gasteiger partial charge in [0.05, 0.1) is 5.41 Å². The average molecular weight is 167 g/mol. The molecule has 0 aromatic rings. The highest BCUT2D eigenvalue weighted by atomic mass is 19.4. The second kappa shape index (κ2) is 2.66. The molecule has 1 aliphatic heterocycles. The third-order valence-corrected chi connectivity index (χ3v) is 2.39. The standard InChI is InChI=1S/C7H12F3N/c1-6(7(8,9)10)2-4-11-5-3-6/h11H,2-5H2,1H3. The number of hydrogen-bond donors (Lipinski definition) is 1. The predicted molar refractivity (Wildman–Crippen MR) is 36.3 cm³/mol. The lowest BCUT2D eigenvalue weighted by Gasteiger charge is -2.35. The molecule has 1 fully saturated rings. The van der Waals surface area contributed by atoms with E-state index in [-0.39, 0.29) is 12.8 Å². The van der Waals surface area contributed by atoms with Gasteiger partial charge in [0.1, 0.15) is 0 Å². The minimum absolute atomic E-state index is 0.205. The first-order valence-corrected chi connectivity index (χ1v) is 3.73. The van der Waals surface area contributed by atoms with E-state index in [2.05, 4.69) is 5.32 Å². The molecule has 0 aromatic heterocycles. The first-order chi connectivity index (χ1) is 4.96. The zero-order valence-corrected chi connectivity index (χ0v) is 6.46. The number of hydrogen-bond acceptors (Lipinski definition) is 1. The lowest BCUT2D eigenvalue weighted by molar-refractivity contribution is -0.225. The molecule has 0 aromatic carbocycles. The third kappa shape index (κ3) is 1.67. The van der Waals surface area contributed by atoms with Crippen molar-refractivity contribution in [3.05, 3.63) is 0 Å². The van der Waals surface area contributed by atoms with Crippen LogP contribution in [-0.4, -0.2) is 19.3 Å². The maximum absolute atomic E-state index is 12.3. The van der Waals surface area contributed by atoms with Gasteiger partial charge in [-0.2, -0.15) is 13.2 Å². The Morgan fingerprint density at radius 3 is 1.91 bits per heavy atom. The van der Waals surface area contributed by atoms with Crippen LogP contribution in [0, 0.1) is 5.41 Å². The van der Waals surface area contributed by atoms with E-state index in [0.29, 0.717) is 13.1 Å². The largest absolute Gasteiger partial charge is 0.394 e. The van der Waals surface area contributed by atoms with Crippen molar-refractivity contribution >= 4 is 0 Å². The minimum Gasteiger partial charge on any atom is -0.317 e. The lowest BCUT2D eigenvalue weighted by Crippen LogP contribution is -2.44. The van der Waals surface area contributed by atoms with Gasteiger partial charge in [0, 0.05) is 0 Å². The van der Waals surface area contributed by atoms with E-state index in [9.17, 15) is 13.2 Å². The van der Waals surface area contributed by atoms with E-state index in [1.807, 2.05) is 0 Å². The van der Waals surface area contributed by atoms with Crippen LogP contribution in [0.15, 0.2) is 0 Å². The summed E-state index contributed by atoms with van der Waals surface area (Å²) in [6.07, 6.45) is -3.62. The molecular weight excluding hydrogens is 155 g/mol. The van der Waals surface area contributed by atoms with Crippen molar-refractivity contribution < 1.29 is 13.2 Å². The van der Waals surface area contributed by atoms with Crippen molar-refractivity contribution in [3.8, 4) is 0 Å². The van der Waals surface area contributed by atoms with Crippen LogP contribution in [0.5, 0.6) is 0 Å². The maximum Gasteiger partial charge on any atom is 0.394 e. The molecule has 4 heteroatoms. The molecule has 1 heterocycles. The summed E-state index contributed by atoms with van der Waals surface area (Å²) in [6, 6.07) is 0. The summed E-state index contributed by atoms with van der Waals surface area (Å²) >= 11 is 0. The van der Waals surface area contributed by atoms with Gasteiger partial charge in [-0.15, -0.1) is 0 Å². The van der Waals surface area contributed by atoms with Gasteiger partial charge >= 0.3 is 6.18 Å². The van der Waals surface area contributed by atoms with Crippen molar-refractivity contribution in [1.82, 2.24) is 5.32 Å². The SMILES string of the molecule is CC1(C(F)(F)F)CCNCC1. The molecule has 1 nitrogen and oxygen atoms in total. The van der Waals surface area contributed by atoms with Crippen LogP contribution < -0.4 is 5.32 Å². The molecule has 0 unspecified atom stereocenters. The predicted octanol–water partition coefficient (Wildman–Crippen LogP) is 1.94. The summed E-state index contributed by atoms with van der Waals surface area (Å²) in [5.41, 5.74) is -1.45. The fourth-order valence-electron chi connectivity index (χ4n) is 1.26. The monoisotopic (exact) mass is 167 g/mol. The van der Waals surface area contributed by atoms with Crippen molar-refractivity contribution in [2.75, 3.05) is 13.1 Å². The van der Waals surface area contributed by atoms with Crippen molar-refractivity contribution in [3.63, 3.8) is 0 Å². The fourth-order valence-corrected chi connectivity index (χ4v) is 1.26. The van der Waals surface area contributed by atoms with Gasteiger partial charge in [0.25, 0.3) is 0 Å². The number of rotatable bonds is 0. The van der Waals surface area contributed by atoms with Crippen LogP contribution in [0.1, 0.15) is 19.8 Å². The molecule has 66 valence electrons. The Morgan fingerprint density at radius 2 is 1.64 bits per heavy atom. The Hall–Kier alpha value is -0.250. The Bertz CT molecular complexity index is 135. The summed E-state index contributed by atoms with van der Waals surface area (Å²) in [4.78, 5) is 0. The topological polar surface area (TPSA) is 12.0 Å². The van der Waals surface area contributed by atoms with E-state index in [1.54, 1.807) is 0 Å². The summed E-state index contributed by atoms with van der Waals surface area (Å²) in [7, 11) is 0. The van der Waals surface area contributed by atoms with Crippen LogP contribution in [0.3, 0.4) is 0 Å². The van der Waals surface area contributed by atoms with Crippen LogP contribution in [-0.2, 0) is 0 Å². The summed E-state index contributed by atoms with van der Waals surface area (Å²) in [5, 5.41) is 2.91. The number of nitrogens with one attached hydrogen (secondary N) is 1. The molecule has 0 amide bonds. The van der Waals surface area contributed by atoms with Gasteiger partial charge in [0.2, 0.25) is 0 Å². The highest BCUT2D eigenvalue weighted by Crippen LogP contribution is 2.44. The second-order valence-corrected chi connectivity index (χ2v) is 3.31. The Labute approximate surface area is 64.0 Å². The molecule has 1 N–H and O–H groups in total. The molecule has 1 aliphatic rings. The fraction of sp³-hybridized carbons (Fsp3) is 1.00. The van der Waals surface area contributed by atoms with Gasteiger partial charge < -0.3 is 5.32 Å². The normalized spacial score (nSPS) is 25.1. The van der Waals surface area contributed by atoms with Gasteiger partial charge in [-0.25, -0.2) is 0 Å². The Balaban J connectivity index is 2.64. The zero-order valence-electron chi connectivity index (χ0n) is 6.46. The van der Waals surface area contributed by atoms with Crippen molar-refractivity contribution in [2.45, 2.75) is 25.9 Å². The van der Waals surface area contributed by atoms with Crippen molar-refractivity contribution in [2.24, 2.45) is 5.41 Å². The molecule has 0 radical (unpaired) electrons. The molecule has 0 saturated carbocycles. The number of halogens is 3. The van der Waals surface area contributed by atoms with Gasteiger partial charge in [-0.05, 0) is 25.9 Å². The summed E-state index contributed by atoms with van der Waals surface area (Å²) in [6.45, 7) is 2.26. The number of alkyl halides is 3. The molecule has 0 bridgehead atoms. The second-order valence-electron chi connectivity index (χ2n) is 3.31. The highest BCUT2D eigenvalue weighted by molar-refractivity contribution is 4.86. The van der Waals surface area contributed by atoms with Crippen molar-refractivity contribution in [1.29, 1.82) is 0 Å². The van der Waals surface area contributed by atoms with Crippen LogP contribution in [0.2, 0.25) is 0 Å². The highest BCUT2D eigenvalue weighted by Gasteiger charge is 2.50. The molecular formula is C7H12F3N. The molecule has 11 heavy (non-hydrogen) atoms. The van der Waals surface area contributed by atoms with E-state index in [0.717, 1.165) is 0 Å². The summed E-state index contributed by atoms with van der Waals surface area (Å²) in [5.74, 6) is 0. The van der Waals surface area contributed by atoms with Gasteiger partial charge in [-0.3, -0.25) is 0 Å². The van der Waals surface area contributed by atoms with E-state index >= 15 is 0 Å². The first-order valence-electron chi connectivity index (χ1n) is 3.73. The molecule has 1 rings (SSSR count). The molecule has 0 aliphatic carbocycles. The summed E-state index contributed by atoms with van der Waals surface area (Å²) < 4.78 is 36.9. The van der Waals surface area contributed by atoms with E-state index in [4.69, 9.17) is 0 Å². The smallest absolute Gasteiger partial charge is 0.317 e. The Morgan fingerprint density at radius 1 is 1.18 bits per heavy atom. The maximum atomic E-state index is 12.3. The average Bonchev–Trinajstić information content (AvgIpc) is 1.87. The van der Waals surface area contributed by atoms with E-state index in [1.165, 1.54) is 6.92 Å². The molecule has 0 spiro atoms. The lowest BCUT2D eigenvalue weighted by atomic mass is 9.80. The van der Waals surface area contributed by atoms with E-state index < -0.39 is 11.6 Å². The minimum atomic E-state index is -4.03. The Kier molecular flexibility index (Phi) is 2.14.